The highest BCUT2D eigenvalue weighted by Crippen LogP contribution is 2.32. The summed E-state index contributed by atoms with van der Waals surface area (Å²) in [6.45, 7) is 3.82. The van der Waals surface area contributed by atoms with Gasteiger partial charge in [-0.2, -0.15) is 0 Å². The first kappa shape index (κ1) is 19.0. The molecule has 4 rings (SSSR count). The highest BCUT2D eigenvalue weighted by Gasteiger charge is 2.20. The van der Waals surface area contributed by atoms with Crippen LogP contribution in [-0.4, -0.2) is 15.3 Å². The van der Waals surface area contributed by atoms with Crippen molar-refractivity contribution in [1.82, 2.24) is 9.36 Å². The molecule has 0 aliphatic carbocycles. The van der Waals surface area contributed by atoms with Crippen LogP contribution < -0.4 is 10.9 Å². The number of nitrogens with zero attached hydrogens (tertiary/aromatic N) is 2. The number of aromatic nitrogens is 2. The number of benzene rings is 2. The SMILES string of the molecule is Cc1cc(C(=O)Nc2c(C)n(C)n(-c3ccccc3)c2=O)sc1-c1ccccc1. The number of rotatable bonds is 4. The molecule has 2 aromatic carbocycles. The van der Waals surface area contributed by atoms with Crippen molar-refractivity contribution in [3.63, 3.8) is 0 Å². The second-order valence-electron chi connectivity index (χ2n) is 6.88. The monoisotopic (exact) mass is 403 g/mol. The average Bonchev–Trinajstić information content (AvgIpc) is 3.23. The maximum atomic E-state index is 13.0. The van der Waals surface area contributed by atoms with Crippen LogP contribution in [0, 0.1) is 13.8 Å². The van der Waals surface area contributed by atoms with E-state index in [1.54, 1.807) is 9.36 Å². The fourth-order valence-electron chi connectivity index (χ4n) is 3.36. The van der Waals surface area contributed by atoms with Crippen LogP contribution >= 0.6 is 11.3 Å². The Morgan fingerprint density at radius 2 is 1.59 bits per heavy atom. The van der Waals surface area contributed by atoms with E-state index in [2.05, 4.69) is 5.32 Å². The van der Waals surface area contributed by atoms with Gasteiger partial charge in [0.25, 0.3) is 11.5 Å². The Hall–Kier alpha value is -3.38. The molecule has 0 unspecified atom stereocenters. The number of hydrogen-bond acceptors (Lipinski definition) is 3. The lowest BCUT2D eigenvalue weighted by molar-refractivity contribution is 0.103. The summed E-state index contributed by atoms with van der Waals surface area (Å²) in [7, 11) is 1.81. The highest BCUT2D eigenvalue weighted by molar-refractivity contribution is 7.17. The Morgan fingerprint density at radius 3 is 2.24 bits per heavy atom. The fourth-order valence-corrected chi connectivity index (χ4v) is 4.43. The molecule has 146 valence electrons. The lowest BCUT2D eigenvalue weighted by atomic mass is 10.1. The van der Waals surface area contributed by atoms with Crippen molar-refractivity contribution in [3.05, 3.63) is 93.2 Å². The van der Waals surface area contributed by atoms with Crippen molar-refractivity contribution < 1.29 is 4.79 Å². The number of para-hydroxylation sites is 1. The van der Waals surface area contributed by atoms with E-state index in [1.807, 2.05) is 87.6 Å². The summed E-state index contributed by atoms with van der Waals surface area (Å²) >= 11 is 1.43. The van der Waals surface area contributed by atoms with Crippen molar-refractivity contribution in [2.24, 2.45) is 7.05 Å². The maximum Gasteiger partial charge on any atom is 0.295 e. The van der Waals surface area contributed by atoms with E-state index < -0.39 is 0 Å². The molecule has 1 N–H and O–H groups in total. The van der Waals surface area contributed by atoms with Crippen molar-refractivity contribution in [2.45, 2.75) is 13.8 Å². The van der Waals surface area contributed by atoms with Crippen LogP contribution in [0.2, 0.25) is 0 Å². The van der Waals surface area contributed by atoms with Crippen molar-refractivity contribution in [2.75, 3.05) is 5.32 Å². The number of carbonyl (C=O) groups is 1. The van der Waals surface area contributed by atoms with Gasteiger partial charge in [-0.15, -0.1) is 11.3 Å². The minimum absolute atomic E-state index is 0.249. The molecular weight excluding hydrogens is 382 g/mol. The third-order valence-electron chi connectivity index (χ3n) is 4.97. The predicted octanol–water partition coefficient (Wildman–Crippen LogP) is 4.77. The number of nitrogens with one attached hydrogen (secondary N) is 1. The molecule has 4 aromatic rings. The molecule has 2 aromatic heterocycles. The molecule has 5 nitrogen and oxygen atoms in total. The minimum atomic E-state index is -0.272. The summed E-state index contributed by atoms with van der Waals surface area (Å²) in [5, 5.41) is 2.84. The lowest BCUT2D eigenvalue weighted by Gasteiger charge is -2.07. The van der Waals surface area contributed by atoms with Gasteiger partial charge in [0.05, 0.1) is 16.3 Å². The number of carbonyl (C=O) groups excluding carboxylic acids is 1. The number of anilines is 1. The van der Waals surface area contributed by atoms with Gasteiger partial charge in [-0.3, -0.25) is 14.3 Å². The topological polar surface area (TPSA) is 56.0 Å². The second kappa shape index (κ2) is 7.56. The number of thiophene rings is 1. The van der Waals surface area contributed by atoms with E-state index in [9.17, 15) is 9.59 Å². The van der Waals surface area contributed by atoms with Crippen molar-refractivity contribution in [1.29, 1.82) is 0 Å². The summed E-state index contributed by atoms with van der Waals surface area (Å²) in [6, 6.07) is 21.2. The van der Waals surface area contributed by atoms with Crippen molar-refractivity contribution in [3.8, 4) is 16.1 Å². The Balaban J connectivity index is 1.68. The standard InChI is InChI=1S/C23H21N3O2S/c1-15-14-19(29-21(15)17-10-6-4-7-11-17)22(27)24-20-16(2)25(3)26(23(20)28)18-12-8-5-9-13-18/h4-14H,1-3H3,(H,24,27). The van der Waals surface area contributed by atoms with Gasteiger partial charge in [-0.05, 0) is 43.2 Å². The van der Waals surface area contributed by atoms with Gasteiger partial charge in [0, 0.05) is 11.9 Å². The maximum absolute atomic E-state index is 13.0. The van der Waals surface area contributed by atoms with Gasteiger partial charge in [0.1, 0.15) is 5.69 Å². The van der Waals surface area contributed by atoms with Crippen LogP contribution in [0.5, 0.6) is 0 Å². The smallest absolute Gasteiger partial charge is 0.295 e. The first-order valence-corrected chi connectivity index (χ1v) is 10.1. The van der Waals surface area contributed by atoms with E-state index in [0.29, 0.717) is 16.3 Å². The zero-order valence-corrected chi connectivity index (χ0v) is 17.3. The average molecular weight is 404 g/mol. The van der Waals surface area contributed by atoms with Crippen molar-refractivity contribution >= 4 is 22.9 Å². The molecule has 0 bridgehead atoms. The van der Waals surface area contributed by atoms with Gasteiger partial charge >= 0.3 is 0 Å². The molecule has 29 heavy (non-hydrogen) atoms. The number of aryl methyl sites for hydroxylation is 1. The summed E-state index contributed by atoms with van der Waals surface area (Å²) < 4.78 is 3.31. The summed E-state index contributed by atoms with van der Waals surface area (Å²) in [5.41, 5.74) is 3.62. The van der Waals surface area contributed by atoms with Crippen LogP contribution in [0.3, 0.4) is 0 Å². The Labute approximate surface area is 172 Å². The normalized spacial score (nSPS) is 10.9. The van der Waals surface area contributed by atoms with E-state index >= 15 is 0 Å². The molecular formula is C23H21N3O2S. The first-order valence-electron chi connectivity index (χ1n) is 9.28. The van der Waals surface area contributed by atoms with Crippen LogP contribution in [0.1, 0.15) is 20.9 Å². The Morgan fingerprint density at radius 1 is 0.966 bits per heavy atom. The molecule has 0 radical (unpaired) electrons. The van der Waals surface area contributed by atoms with Gasteiger partial charge in [0.15, 0.2) is 0 Å². The van der Waals surface area contributed by atoms with Gasteiger partial charge in [-0.25, -0.2) is 4.68 Å². The number of amides is 1. The molecule has 0 saturated carbocycles. The lowest BCUT2D eigenvalue weighted by Crippen LogP contribution is -2.22. The summed E-state index contributed by atoms with van der Waals surface area (Å²) in [6.07, 6.45) is 0. The van der Waals surface area contributed by atoms with E-state index in [-0.39, 0.29) is 11.5 Å². The summed E-state index contributed by atoms with van der Waals surface area (Å²) in [5.74, 6) is -0.272. The zero-order valence-electron chi connectivity index (χ0n) is 16.5. The minimum Gasteiger partial charge on any atom is -0.315 e. The predicted molar refractivity (Wildman–Crippen MR) is 118 cm³/mol. The molecule has 0 saturated heterocycles. The van der Waals surface area contributed by atoms with E-state index in [1.165, 1.54) is 11.3 Å². The zero-order chi connectivity index (χ0) is 20.5. The van der Waals surface area contributed by atoms with Gasteiger partial charge < -0.3 is 5.32 Å². The first-order chi connectivity index (χ1) is 14.0. The molecule has 6 heteroatoms. The third kappa shape index (κ3) is 3.43. The molecule has 2 heterocycles. The van der Waals surface area contributed by atoms with Crippen LogP contribution in [0.4, 0.5) is 5.69 Å². The summed E-state index contributed by atoms with van der Waals surface area (Å²) in [4.78, 5) is 27.6. The Kier molecular flexibility index (Phi) is 4.94. The quantitative estimate of drug-likeness (QED) is 0.533. The largest absolute Gasteiger partial charge is 0.315 e. The second-order valence-corrected chi connectivity index (χ2v) is 7.93. The molecule has 1 amide bonds. The van der Waals surface area contributed by atoms with Gasteiger partial charge in [-0.1, -0.05) is 48.5 Å². The third-order valence-corrected chi connectivity index (χ3v) is 6.26. The molecule has 0 aliphatic rings. The molecule has 0 spiro atoms. The van der Waals surface area contributed by atoms with E-state index in [4.69, 9.17) is 0 Å². The van der Waals surface area contributed by atoms with Gasteiger partial charge in [0.2, 0.25) is 0 Å². The number of hydrogen-bond donors (Lipinski definition) is 1. The van der Waals surface area contributed by atoms with Crippen LogP contribution in [-0.2, 0) is 7.05 Å². The molecule has 0 fully saturated rings. The highest BCUT2D eigenvalue weighted by atomic mass is 32.1. The van der Waals surface area contributed by atoms with Crippen LogP contribution in [0.15, 0.2) is 71.5 Å². The van der Waals surface area contributed by atoms with E-state index in [0.717, 1.165) is 21.7 Å². The Bertz CT molecular complexity index is 1230. The molecule has 0 aliphatic heterocycles. The van der Waals surface area contributed by atoms with Crippen LogP contribution in [0.25, 0.3) is 16.1 Å². The fraction of sp³-hybridized carbons (Fsp3) is 0.130. The molecule has 0 atom stereocenters.